The minimum Gasteiger partial charge on any atom is -0.264 e. The number of hydrogen-bond donors (Lipinski definition) is 1. The summed E-state index contributed by atoms with van der Waals surface area (Å²) in [7, 11) is -4.28. The molecule has 0 aliphatic heterocycles. The Hall–Kier alpha value is -0.130. The first kappa shape index (κ1) is 20.9. The van der Waals surface area contributed by atoms with E-state index in [1.54, 1.807) is 0 Å². The van der Waals surface area contributed by atoms with Gasteiger partial charge in [0.25, 0.3) is 0 Å². The van der Waals surface area contributed by atoms with Gasteiger partial charge in [0.05, 0.1) is 6.61 Å². The zero-order valence-corrected chi connectivity index (χ0v) is 14.8. The molecule has 0 radical (unpaired) electrons. The summed E-state index contributed by atoms with van der Waals surface area (Å²) in [5, 5.41) is 0. The van der Waals surface area contributed by atoms with Crippen molar-refractivity contribution in [2.45, 2.75) is 85.0 Å². The molecule has 2 atom stereocenters. The van der Waals surface area contributed by atoms with Crippen molar-refractivity contribution in [3.05, 3.63) is 0 Å². The highest BCUT2D eigenvalue weighted by molar-refractivity contribution is 7.80. The van der Waals surface area contributed by atoms with Crippen LogP contribution in [0.2, 0.25) is 0 Å². The molecule has 5 heteroatoms. The Kier molecular flexibility index (Phi) is 12.3. The van der Waals surface area contributed by atoms with E-state index < -0.39 is 10.4 Å². The van der Waals surface area contributed by atoms with E-state index in [4.69, 9.17) is 4.55 Å². The SMILES string of the molecule is CCC(C)CCCCCCCCCC(C)COS(=O)(=O)O. The third-order valence-electron chi connectivity index (χ3n) is 4.09. The second kappa shape index (κ2) is 12.4. The predicted molar refractivity (Wildman–Crippen MR) is 87.7 cm³/mol. The van der Waals surface area contributed by atoms with Crippen LogP contribution in [0.4, 0.5) is 0 Å². The maximum atomic E-state index is 10.4. The van der Waals surface area contributed by atoms with E-state index in [9.17, 15) is 8.42 Å². The monoisotopic (exact) mass is 322 g/mol. The summed E-state index contributed by atoms with van der Waals surface area (Å²) >= 11 is 0. The summed E-state index contributed by atoms with van der Waals surface area (Å²) in [6, 6.07) is 0. The molecule has 0 aromatic carbocycles. The molecule has 0 saturated carbocycles. The highest BCUT2D eigenvalue weighted by atomic mass is 32.3. The van der Waals surface area contributed by atoms with Crippen LogP contribution in [0.5, 0.6) is 0 Å². The third-order valence-corrected chi connectivity index (χ3v) is 4.53. The summed E-state index contributed by atoms with van der Waals surface area (Å²) < 4.78 is 33.7. The van der Waals surface area contributed by atoms with Crippen molar-refractivity contribution in [3.8, 4) is 0 Å². The average molecular weight is 323 g/mol. The zero-order chi connectivity index (χ0) is 16.1. The summed E-state index contributed by atoms with van der Waals surface area (Å²) in [4.78, 5) is 0. The van der Waals surface area contributed by atoms with Crippen molar-refractivity contribution >= 4 is 10.4 Å². The fourth-order valence-electron chi connectivity index (χ4n) is 2.36. The van der Waals surface area contributed by atoms with Crippen LogP contribution < -0.4 is 0 Å². The van der Waals surface area contributed by atoms with E-state index in [1.165, 1.54) is 51.4 Å². The predicted octanol–water partition coefficient (Wildman–Crippen LogP) is 5.00. The van der Waals surface area contributed by atoms with Gasteiger partial charge in [-0.2, -0.15) is 8.42 Å². The topological polar surface area (TPSA) is 63.6 Å². The third kappa shape index (κ3) is 16.1. The lowest BCUT2D eigenvalue weighted by molar-refractivity contribution is 0.222. The molecule has 2 unspecified atom stereocenters. The maximum Gasteiger partial charge on any atom is 0.397 e. The van der Waals surface area contributed by atoms with Crippen LogP contribution in [0.25, 0.3) is 0 Å². The van der Waals surface area contributed by atoms with Crippen LogP contribution >= 0.6 is 0 Å². The van der Waals surface area contributed by atoms with E-state index in [-0.39, 0.29) is 12.5 Å². The van der Waals surface area contributed by atoms with Crippen molar-refractivity contribution in [3.63, 3.8) is 0 Å². The Morgan fingerprint density at radius 3 is 1.71 bits per heavy atom. The summed E-state index contributed by atoms with van der Waals surface area (Å²) in [5.74, 6) is 1.04. The lowest BCUT2D eigenvalue weighted by Gasteiger charge is -2.10. The highest BCUT2D eigenvalue weighted by Crippen LogP contribution is 2.16. The first-order valence-corrected chi connectivity index (χ1v) is 9.83. The van der Waals surface area contributed by atoms with Gasteiger partial charge in [-0.3, -0.25) is 4.55 Å². The standard InChI is InChI=1S/C16H34O4S/c1-4-15(2)12-10-8-6-5-7-9-11-13-16(3)14-20-21(17,18)19/h15-16H,4-14H2,1-3H3,(H,17,18,19). The first-order valence-electron chi connectivity index (χ1n) is 8.47. The van der Waals surface area contributed by atoms with Crippen molar-refractivity contribution in [2.75, 3.05) is 6.61 Å². The molecule has 0 bridgehead atoms. The largest absolute Gasteiger partial charge is 0.397 e. The Balaban J connectivity index is 3.28. The van der Waals surface area contributed by atoms with Gasteiger partial charge in [-0.15, -0.1) is 0 Å². The van der Waals surface area contributed by atoms with Crippen LogP contribution in [0.1, 0.15) is 85.0 Å². The molecule has 21 heavy (non-hydrogen) atoms. The van der Waals surface area contributed by atoms with Crippen LogP contribution in [-0.2, 0) is 14.6 Å². The quantitative estimate of drug-likeness (QED) is 0.361. The van der Waals surface area contributed by atoms with Crippen LogP contribution in [0.15, 0.2) is 0 Å². The molecule has 0 amide bonds. The van der Waals surface area contributed by atoms with Gasteiger partial charge < -0.3 is 0 Å². The van der Waals surface area contributed by atoms with Crippen molar-refractivity contribution in [2.24, 2.45) is 11.8 Å². The maximum absolute atomic E-state index is 10.4. The molecule has 0 saturated heterocycles. The van der Waals surface area contributed by atoms with E-state index in [0.717, 1.165) is 18.8 Å². The molecule has 1 N–H and O–H groups in total. The van der Waals surface area contributed by atoms with Gasteiger partial charge in [-0.05, 0) is 18.3 Å². The molecule has 0 aromatic rings. The highest BCUT2D eigenvalue weighted by Gasteiger charge is 2.09. The number of rotatable bonds is 14. The van der Waals surface area contributed by atoms with Gasteiger partial charge in [-0.25, -0.2) is 4.18 Å². The Morgan fingerprint density at radius 2 is 1.29 bits per heavy atom. The molecular formula is C16H34O4S. The first-order chi connectivity index (χ1) is 9.85. The van der Waals surface area contributed by atoms with Gasteiger partial charge in [-0.1, -0.05) is 78.6 Å². The molecule has 0 rings (SSSR count). The summed E-state index contributed by atoms with van der Waals surface area (Å²) in [6.07, 6.45) is 12.5. The van der Waals surface area contributed by atoms with Crippen molar-refractivity contribution in [1.29, 1.82) is 0 Å². The molecular weight excluding hydrogens is 288 g/mol. The second-order valence-electron chi connectivity index (χ2n) is 6.38. The van der Waals surface area contributed by atoms with Crippen LogP contribution in [-0.4, -0.2) is 19.6 Å². The molecule has 0 aliphatic rings. The Labute approximate surface area is 131 Å². The smallest absolute Gasteiger partial charge is 0.264 e. The summed E-state index contributed by atoms with van der Waals surface area (Å²) in [6.45, 7) is 6.61. The molecule has 128 valence electrons. The van der Waals surface area contributed by atoms with Crippen molar-refractivity contribution in [1.82, 2.24) is 0 Å². The molecule has 0 aromatic heterocycles. The molecule has 0 fully saturated rings. The zero-order valence-electron chi connectivity index (χ0n) is 14.0. The van der Waals surface area contributed by atoms with E-state index in [0.29, 0.717) is 0 Å². The second-order valence-corrected chi connectivity index (χ2v) is 7.47. The Morgan fingerprint density at radius 1 is 0.857 bits per heavy atom. The minimum absolute atomic E-state index is 0.0778. The van der Waals surface area contributed by atoms with Gasteiger partial charge in [0.1, 0.15) is 0 Å². The average Bonchev–Trinajstić information content (AvgIpc) is 2.42. The van der Waals surface area contributed by atoms with Crippen molar-refractivity contribution < 1.29 is 17.2 Å². The summed E-state index contributed by atoms with van der Waals surface area (Å²) in [5.41, 5.74) is 0. The molecule has 0 aliphatic carbocycles. The fraction of sp³-hybridized carbons (Fsp3) is 1.00. The Bertz CT molecular complexity index is 327. The van der Waals surface area contributed by atoms with E-state index >= 15 is 0 Å². The van der Waals surface area contributed by atoms with E-state index in [1.807, 2.05) is 6.92 Å². The number of unbranched alkanes of at least 4 members (excludes halogenated alkanes) is 6. The fourth-order valence-corrected chi connectivity index (χ4v) is 2.76. The van der Waals surface area contributed by atoms with E-state index in [2.05, 4.69) is 18.0 Å². The van der Waals surface area contributed by atoms with Gasteiger partial charge in [0.15, 0.2) is 0 Å². The lowest BCUT2D eigenvalue weighted by atomic mass is 9.99. The molecule has 0 heterocycles. The minimum atomic E-state index is -4.28. The van der Waals surface area contributed by atoms with Gasteiger partial charge in [0.2, 0.25) is 0 Å². The lowest BCUT2D eigenvalue weighted by Crippen LogP contribution is -2.11. The van der Waals surface area contributed by atoms with Crippen LogP contribution in [0, 0.1) is 11.8 Å². The van der Waals surface area contributed by atoms with Gasteiger partial charge in [0, 0.05) is 0 Å². The normalized spacial score (nSPS) is 15.0. The van der Waals surface area contributed by atoms with Gasteiger partial charge >= 0.3 is 10.4 Å². The molecule has 0 spiro atoms. The number of hydrogen-bond acceptors (Lipinski definition) is 3. The molecule has 4 nitrogen and oxygen atoms in total. The van der Waals surface area contributed by atoms with Crippen LogP contribution in [0.3, 0.4) is 0 Å².